The van der Waals surface area contributed by atoms with Crippen LogP contribution in [-0.4, -0.2) is 62.8 Å². The second kappa shape index (κ2) is 13.3. The highest BCUT2D eigenvalue weighted by atomic mass is 35.5. The van der Waals surface area contributed by atoms with Crippen molar-refractivity contribution in [3.05, 3.63) is 70.8 Å². The number of nitrogens with one attached hydrogen (secondary N) is 1. The topological polar surface area (TPSA) is 96.0 Å². The van der Waals surface area contributed by atoms with Crippen LogP contribution >= 0.6 is 11.6 Å². The van der Waals surface area contributed by atoms with E-state index in [0.717, 1.165) is 12.8 Å². The van der Waals surface area contributed by atoms with Crippen LogP contribution in [0.3, 0.4) is 0 Å². The third-order valence-electron chi connectivity index (χ3n) is 6.49. The number of ether oxygens (including phenoxy) is 1. The van der Waals surface area contributed by atoms with Crippen molar-refractivity contribution in [2.75, 3.05) is 26.7 Å². The molecule has 0 saturated heterocycles. The standard InChI is InChI=1S/C28H36ClN3O5S/c1-20(2)26-19-37-27-13-12-24(38(35,36)30-18-22-10-9-11-23(29)16-22)17-25(27)28(34)31(4)14-7-5-6-8-15-32(26)21(3)33/h5,7,9-13,16-17,20,26,30H,6,8,14-15,18-19H2,1-4H3/b7-5+/t26-/m1/s1. The number of benzene rings is 2. The number of nitrogens with zero attached hydrogens (tertiary/aromatic N) is 2. The summed E-state index contributed by atoms with van der Waals surface area (Å²) in [6.07, 6.45) is 5.47. The third-order valence-corrected chi connectivity index (χ3v) is 8.13. The van der Waals surface area contributed by atoms with Crippen molar-refractivity contribution < 1.29 is 22.7 Å². The first-order chi connectivity index (χ1) is 18.0. The second-order valence-electron chi connectivity index (χ2n) is 9.75. The zero-order valence-corrected chi connectivity index (χ0v) is 23.9. The Kier molecular flexibility index (Phi) is 10.4. The lowest BCUT2D eigenvalue weighted by atomic mass is 10.0. The van der Waals surface area contributed by atoms with E-state index >= 15 is 0 Å². The molecule has 0 radical (unpaired) electrons. The molecule has 1 aliphatic rings. The van der Waals surface area contributed by atoms with Gasteiger partial charge in [0.2, 0.25) is 15.9 Å². The summed E-state index contributed by atoms with van der Waals surface area (Å²) < 4.78 is 34.9. The molecule has 2 amide bonds. The third kappa shape index (κ3) is 7.82. The van der Waals surface area contributed by atoms with Crippen LogP contribution in [0.2, 0.25) is 5.02 Å². The lowest BCUT2D eigenvalue weighted by Gasteiger charge is -2.34. The molecule has 1 aliphatic heterocycles. The van der Waals surface area contributed by atoms with Crippen molar-refractivity contribution in [2.24, 2.45) is 5.92 Å². The van der Waals surface area contributed by atoms with Crippen LogP contribution in [0, 0.1) is 5.92 Å². The number of carbonyl (C=O) groups is 2. The first-order valence-corrected chi connectivity index (χ1v) is 14.5. The zero-order chi connectivity index (χ0) is 27.9. The fraction of sp³-hybridized carbons (Fsp3) is 0.429. The number of likely N-dealkylation sites (N-methyl/N-ethyl adjacent to an activating group) is 1. The van der Waals surface area contributed by atoms with Crippen LogP contribution in [0.5, 0.6) is 5.75 Å². The Morgan fingerprint density at radius 1 is 1.18 bits per heavy atom. The number of halogens is 1. The number of sulfonamides is 1. The van der Waals surface area contributed by atoms with E-state index in [1.807, 2.05) is 30.9 Å². The minimum absolute atomic E-state index is 0.0355. The Morgan fingerprint density at radius 2 is 1.95 bits per heavy atom. The normalized spacial score (nSPS) is 18.5. The maximum atomic E-state index is 13.4. The predicted octanol–water partition coefficient (Wildman–Crippen LogP) is 4.49. The number of hydrogen-bond donors (Lipinski definition) is 1. The van der Waals surface area contributed by atoms with Crippen LogP contribution in [0.1, 0.15) is 49.5 Å². The molecule has 8 nitrogen and oxygen atoms in total. The Morgan fingerprint density at radius 3 is 2.63 bits per heavy atom. The molecular weight excluding hydrogens is 526 g/mol. The van der Waals surface area contributed by atoms with Gasteiger partial charge in [0, 0.05) is 38.6 Å². The average Bonchev–Trinajstić information content (AvgIpc) is 2.87. The maximum absolute atomic E-state index is 13.4. The van der Waals surface area contributed by atoms with Gasteiger partial charge in [-0.15, -0.1) is 0 Å². The number of hydrogen-bond acceptors (Lipinski definition) is 5. The molecule has 2 aromatic rings. The van der Waals surface area contributed by atoms with Crippen LogP contribution in [-0.2, 0) is 21.4 Å². The van der Waals surface area contributed by atoms with Crippen molar-refractivity contribution in [1.82, 2.24) is 14.5 Å². The number of fused-ring (bicyclic) bond motifs is 1. The Hall–Kier alpha value is -2.88. The Bertz CT molecular complexity index is 1280. The fourth-order valence-electron chi connectivity index (χ4n) is 4.27. The van der Waals surface area contributed by atoms with E-state index in [1.54, 1.807) is 38.2 Å². The molecule has 0 bridgehead atoms. The van der Waals surface area contributed by atoms with Crippen molar-refractivity contribution in [1.29, 1.82) is 0 Å². The second-order valence-corrected chi connectivity index (χ2v) is 11.9. The molecule has 1 N–H and O–H groups in total. The molecule has 0 fully saturated rings. The Balaban J connectivity index is 1.95. The van der Waals surface area contributed by atoms with Gasteiger partial charge in [0.15, 0.2) is 0 Å². The molecule has 3 rings (SSSR count). The summed E-state index contributed by atoms with van der Waals surface area (Å²) in [7, 11) is -2.28. The molecule has 0 saturated carbocycles. The Labute approximate surface area is 230 Å². The number of amides is 2. The molecule has 10 heteroatoms. The number of rotatable bonds is 5. The largest absolute Gasteiger partial charge is 0.491 e. The van der Waals surface area contributed by atoms with E-state index in [-0.39, 0.29) is 53.1 Å². The van der Waals surface area contributed by atoms with E-state index in [4.69, 9.17) is 16.3 Å². The molecule has 1 heterocycles. The van der Waals surface area contributed by atoms with Gasteiger partial charge >= 0.3 is 0 Å². The van der Waals surface area contributed by atoms with Gasteiger partial charge in [-0.1, -0.05) is 49.7 Å². The summed E-state index contributed by atoms with van der Waals surface area (Å²) in [5, 5.41) is 0.510. The molecule has 0 spiro atoms. The molecule has 0 aromatic heterocycles. The predicted molar refractivity (Wildman–Crippen MR) is 149 cm³/mol. The minimum atomic E-state index is -3.94. The minimum Gasteiger partial charge on any atom is -0.491 e. The van der Waals surface area contributed by atoms with Crippen LogP contribution in [0.25, 0.3) is 0 Å². The van der Waals surface area contributed by atoms with Crippen molar-refractivity contribution >= 4 is 33.4 Å². The van der Waals surface area contributed by atoms with Gasteiger partial charge in [-0.2, -0.15) is 0 Å². The van der Waals surface area contributed by atoms with Crippen LogP contribution < -0.4 is 9.46 Å². The van der Waals surface area contributed by atoms with Gasteiger partial charge in [-0.3, -0.25) is 9.59 Å². The van der Waals surface area contributed by atoms with E-state index in [0.29, 0.717) is 23.7 Å². The van der Waals surface area contributed by atoms with E-state index < -0.39 is 10.0 Å². The van der Waals surface area contributed by atoms with E-state index in [2.05, 4.69) is 4.72 Å². The summed E-state index contributed by atoms with van der Waals surface area (Å²) >= 11 is 6.01. The lowest BCUT2D eigenvalue weighted by molar-refractivity contribution is -0.133. The molecule has 2 aromatic carbocycles. The van der Waals surface area contributed by atoms with Crippen molar-refractivity contribution in [3.8, 4) is 5.75 Å². The fourth-order valence-corrected chi connectivity index (χ4v) is 5.53. The molecule has 206 valence electrons. The van der Waals surface area contributed by atoms with Gasteiger partial charge in [0.1, 0.15) is 12.4 Å². The molecular formula is C28H36ClN3O5S. The average molecular weight is 562 g/mol. The highest BCUT2D eigenvalue weighted by Gasteiger charge is 2.27. The van der Waals surface area contributed by atoms with E-state index in [1.165, 1.54) is 23.1 Å². The van der Waals surface area contributed by atoms with Crippen molar-refractivity contribution in [3.63, 3.8) is 0 Å². The zero-order valence-electron chi connectivity index (χ0n) is 22.3. The number of allylic oxidation sites excluding steroid dienone is 1. The maximum Gasteiger partial charge on any atom is 0.257 e. The van der Waals surface area contributed by atoms with Gasteiger partial charge in [0.25, 0.3) is 5.91 Å². The quantitative estimate of drug-likeness (QED) is 0.543. The molecule has 0 unspecified atom stereocenters. The monoisotopic (exact) mass is 561 g/mol. The highest BCUT2D eigenvalue weighted by Crippen LogP contribution is 2.26. The first-order valence-electron chi connectivity index (χ1n) is 12.7. The highest BCUT2D eigenvalue weighted by molar-refractivity contribution is 7.89. The first kappa shape index (κ1) is 29.7. The SMILES string of the molecule is CC(=O)N1CCC/C=C/CN(C)C(=O)c2cc(S(=O)(=O)NCc3cccc(Cl)c3)ccc2OC[C@@H]1C(C)C. The van der Waals surface area contributed by atoms with E-state index in [9.17, 15) is 18.0 Å². The lowest BCUT2D eigenvalue weighted by Crippen LogP contribution is -2.46. The van der Waals surface area contributed by atoms with Gasteiger partial charge in [-0.05, 0) is 54.7 Å². The van der Waals surface area contributed by atoms with Gasteiger partial charge < -0.3 is 14.5 Å². The molecule has 38 heavy (non-hydrogen) atoms. The summed E-state index contributed by atoms with van der Waals surface area (Å²) in [6.45, 7) is 6.77. The van der Waals surface area contributed by atoms with Crippen molar-refractivity contribution in [2.45, 2.75) is 51.1 Å². The molecule has 1 atom stereocenters. The van der Waals surface area contributed by atoms with Crippen LogP contribution in [0.15, 0.2) is 59.5 Å². The summed E-state index contributed by atoms with van der Waals surface area (Å²) in [5.74, 6) is -0.0184. The summed E-state index contributed by atoms with van der Waals surface area (Å²) in [5.41, 5.74) is 0.848. The smallest absolute Gasteiger partial charge is 0.257 e. The summed E-state index contributed by atoms with van der Waals surface area (Å²) in [6, 6.07) is 11.0. The van der Waals surface area contributed by atoms with Gasteiger partial charge in [0.05, 0.1) is 16.5 Å². The molecule has 0 aliphatic carbocycles. The number of carbonyl (C=O) groups excluding carboxylic acids is 2. The van der Waals surface area contributed by atoms with Crippen LogP contribution in [0.4, 0.5) is 0 Å². The van der Waals surface area contributed by atoms with Gasteiger partial charge in [-0.25, -0.2) is 13.1 Å². The summed E-state index contributed by atoms with van der Waals surface area (Å²) in [4.78, 5) is 29.1.